The maximum Gasteiger partial charge on any atom is 0.247 e. The van der Waals surface area contributed by atoms with Crippen molar-refractivity contribution in [1.82, 2.24) is 10.3 Å². The normalized spacial score (nSPS) is 17.5. The zero-order chi connectivity index (χ0) is 23.2. The lowest BCUT2D eigenvalue weighted by atomic mass is 9.98. The molecule has 3 atom stereocenters. The number of amides is 1. The van der Waals surface area contributed by atoms with Gasteiger partial charge in [0.15, 0.2) is 0 Å². The zero-order valence-electron chi connectivity index (χ0n) is 19.8. The minimum absolute atomic E-state index is 0.104. The molecule has 4 rings (SSSR count). The highest BCUT2D eigenvalue weighted by atomic mass is 16.2. The van der Waals surface area contributed by atoms with E-state index in [0.717, 1.165) is 24.3 Å². The predicted octanol–water partition coefficient (Wildman–Crippen LogP) is 5.31. The number of hydrogen-bond donors (Lipinski definition) is 2. The number of pyridine rings is 1. The van der Waals surface area contributed by atoms with Crippen LogP contribution in [0.25, 0.3) is 0 Å². The summed E-state index contributed by atoms with van der Waals surface area (Å²) in [5.74, 6) is 1.46. The van der Waals surface area contributed by atoms with Crippen molar-refractivity contribution in [3.8, 4) is 0 Å². The Kier molecular flexibility index (Phi) is 7.40. The zero-order valence-corrected chi connectivity index (χ0v) is 19.8. The van der Waals surface area contributed by atoms with E-state index in [9.17, 15) is 4.79 Å². The average molecular weight is 443 g/mol. The van der Waals surface area contributed by atoms with Crippen LogP contribution in [0.15, 0.2) is 72.9 Å². The van der Waals surface area contributed by atoms with E-state index in [1.54, 1.807) is 0 Å². The van der Waals surface area contributed by atoms with E-state index in [2.05, 4.69) is 65.6 Å². The minimum Gasteiger partial charge on any atom is -0.370 e. The van der Waals surface area contributed by atoms with E-state index in [1.807, 2.05) is 48.7 Å². The largest absolute Gasteiger partial charge is 0.370 e. The highest BCUT2D eigenvalue weighted by molar-refractivity contribution is 5.94. The predicted molar refractivity (Wildman–Crippen MR) is 136 cm³/mol. The average Bonchev–Trinajstić information content (AvgIpc) is 3.27. The first-order valence-electron chi connectivity index (χ1n) is 11.9. The lowest BCUT2D eigenvalue weighted by Crippen LogP contribution is -2.35. The molecule has 0 bridgehead atoms. The molecule has 1 fully saturated rings. The molecule has 0 radical (unpaired) electrons. The highest BCUT2D eigenvalue weighted by Crippen LogP contribution is 2.24. The maximum absolute atomic E-state index is 13.3. The van der Waals surface area contributed by atoms with Gasteiger partial charge in [-0.3, -0.25) is 4.79 Å². The summed E-state index contributed by atoms with van der Waals surface area (Å²) >= 11 is 0. The fourth-order valence-corrected chi connectivity index (χ4v) is 4.33. The first-order valence-corrected chi connectivity index (χ1v) is 11.9. The fourth-order valence-electron chi connectivity index (χ4n) is 4.33. The van der Waals surface area contributed by atoms with Crippen LogP contribution in [0.3, 0.4) is 0 Å². The molecule has 2 N–H and O–H groups in total. The SMILES string of the molecule is Cc1ccc([C@@H](C)CN[C@@H](C(=O)Nc2ccc(N3CC[C@@H](C)C3)cn2)c2ccccc2)cc1. The first-order chi connectivity index (χ1) is 16.0. The van der Waals surface area contributed by atoms with E-state index in [-0.39, 0.29) is 11.8 Å². The molecule has 5 heteroatoms. The third-order valence-electron chi connectivity index (χ3n) is 6.46. The van der Waals surface area contributed by atoms with Gasteiger partial charge in [0, 0.05) is 19.6 Å². The summed E-state index contributed by atoms with van der Waals surface area (Å²) < 4.78 is 0. The number of rotatable bonds is 8. The highest BCUT2D eigenvalue weighted by Gasteiger charge is 2.22. The number of carbonyl (C=O) groups is 1. The number of anilines is 2. The third-order valence-corrected chi connectivity index (χ3v) is 6.46. The molecule has 172 valence electrons. The Morgan fingerprint density at radius 3 is 2.45 bits per heavy atom. The molecular weight excluding hydrogens is 408 g/mol. The number of aromatic nitrogens is 1. The molecule has 1 saturated heterocycles. The van der Waals surface area contributed by atoms with Crippen molar-refractivity contribution >= 4 is 17.4 Å². The topological polar surface area (TPSA) is 57.3 Å². The van der Waals surface area contributed by atoms with Crippen molar-refractivity contribution in [2.45, 2.75) is 39.2 Å². The van der Waals surface area contributed by atoms with Crippen LogP contribution in [0, 0.1) is 12.8 Å². The Morgan fingerprint density at radius 2 is 1.82 bits per heavy atom. The van der Waals surface area contributed by atoms with Crippen LogP contribution in [0.5, 0.6) is 0 Å². The van der Waals surface area contributed by atoms with E-state index in [1.165, 1.54) is 17.5 Å². The Hall–Kier alpha value is -3.18. The van der Waals surface area contributed by atoms with Gasteiger partial charge in [-0.15, -0.1) is 0 Å². The maximum atomic E-state index is 13.3. The molecule has 0 unspecified atom stereocenters. The summed E-state index contributed by atoms with van der Waals surface area (Å²) in [6.07, 6.45) is 3.07. The molecule has 0 saturated carbocycles. The molecule has 1 aliphatic rings. The number of nitrogens with one attached hydrogen (secondary N) is 2. The number of benzene rings is 2. The second-order valence-corrected chi connectivity index (χ2v) is 9.29. The van der Waals surface area contributed by atoms with Gasteiger partial charge in [-0.1, -0.05) is 74.0 Å². The van der Waals surface area contributed by atoms with Gasteiger partial charge in [0.05, 0.1) is 11.9 Å². The van der Waals surface area contributed by atoms with Gasteiger partial charge in [0.1, 0.15) is 11.9 Å². The second-order valence-electron chi connectivity index (χ2n) is 9.29. The fraction of sp³-hybridized carbons (Fsp3) is 0.357. The Morgan fingerprint density at radius 1 is 1.06 bits per heavy atom. The van der Waals surface area contributed by atoms with Crippen molar-refractivity contribution in [3.63, 3.8) is 0 Å². The summed E-state index contributed by atoms with van der Waals surface area (Å²) in [7, 11) is 0. The molecule has 0 spiro atoms. The monoisotopic (exact) mass is 442 g/mol. The summed E-state index contributed by atoms with van der Waals surface area (Å²) in [4.78, 5) is 20.1. The van der Waals surface area contributed by atoms with Gasteiger partial charge in [-0.05, 0) is 48.4 Å². The molecule has 33 heavy (non-hydrogen) atoms. The van der Waals surface area contributed by atoms with E-state index in [0.29, 0.717) is 18.3 Å². The molecule has 2 aromatic carbocycles. The van der Waals surface area contributed by atoms with E-state index < -0.39 is 6.04 Å². The van der Waals surface area contributed by atoms with Gasteiger partial charge >= 0.3 is 0 Å². The molecule has 5 nitrogen and oxygen atoms in total. The Bertz CT molecular complexity index is 1030. The van der Waals surface area contributed by atoms with Crippen LogP contribution in [-0.2, 0) is 4.79 Å². The smallest absolute Gasteiger partial charge is 0.247 e. The summed E-state index contributed by atoms with van der Waals surface area (Å²) in [5, 5.41) is 6.49. The molecular formula is C28H34N4O. The molecule has 1 aromatic heterocycles. The van der Waals surface area contributed by atoms with Crippen LogP contribution in [-0.4, -0.2) is 30.5 Å². The first kappa shape index (κ1) is 23.0. The van der Waals surface area contributed by atoms with Gasteiger partial charge in [0.2, 0.25) is 5.91 Å². The summed E-state index contributed by atoms with van der Waals surface area (Å²) in [5.41, 5.74) is 4.56. The van der Waals surface area contributed by atoms with Crippen LogP contribution in [0.1, 0.15) is 48.9 Å². The molecule has 1 amide bonds. The molecule has 0 aliphatic carbocycles. The van der Waals surface area contributed by atoms with Crippen LogP contribution >= 0.6 is 0 Å². The Balaban J connectivity index is 1.43. The standard InChI is InChI=1S/C28H34N4O/c1-20-9-11-23(12-10-20)22(3)17-30-27(24-7-5-4-6-8-24)28(33)31-26-14-13-25(18-29-26)32-16-15-21(2)19-32/h4-14,18,21-22,27,30H,15-17,19H2,1-3H3,(H,29,31,33)/t21-,22+,27-/m1/s1. The van der Waals surface area contributed by atoms with Crippen LogP contribution < -0.4 is 15.5 Å². The number of hydrogen-bond acceptors (Lipinski definition) is 4. The van der Waals surface area contributed by atoms with Gasteiger partial charge in [-0.2, -0.15) is 0 Å². The second kappa shape index (κ2) is 10.6. The minimum atomic E-state index is -0.458. The summed E-state index contributed by atoms with van der Waals surface area (Å²) in [6.45, 7) is 9.36. The third kappa shape index (κ3) is 5.99. The van der Waals surface area contributed by atoms with Gasteiger partial charge in [0.25, 0.3) is 0 Å². The van der Waals surface area contributed by atoms with E-state index >= 15 is 0 Å². The number of aryl methyl sites for hydroxylation is 1. The van der Waals surface area contributed by atoms with Crippen molar-refractivity contribution in [2.24, 2.45) is 5.92 Å². The van der Waals surface area contributed by atoms with Crippen LogP contribution in [0.4, 0.5) is 11.5 Å². The molecule has 2 heterocycles. The van der Waals surface area contributed by atoms with Gasteiger partial charge < -0.3 is 15.5 Å². The van der Waals surface area contributed by atoms with Crippen LogP contribution in [0.2, 0.25) is 0 Å². The lowest BCUT2D eigenvalue weighted by Gasteiger charge is -2.22. The van der Waals surface area contributed by atoms with Crippen molar-refractivity contribution in [3.05, 3.63) is 89.6 Å². The van der Waals surface area contributed by atoms with Crippen molar-refractivity contribution < 1.29 is 4.79 Å². The number of nitrogens with zero attached hydrogens (tertiary/aromatic N) is 2. The lowest BCUT2D eigenvalue weighted by molar-refractivity contribution is -0.118. The molecule has 1 aliphatic heterocycles. The number of carbonyl (C=O) groups excluding carboxylic acids is 1. The van der Waals surface area contributed by atoms with Gasteiger partial charge in [-0.25, -0.2) is 4.98 Å². The Labute approximate surface area is 197 Å². The quantitative estimate of drug-likeness (QED) is 0.496. The van der Waals surface area contributed by atoms with E-state index in [4.69, 9.17) is 0 Å². The molecule has 3 aromatic rings. The summed E-state index contributed by atoms with van der Waals surface area (Å²) in [6, 6.07) is 21.9. The van der Waals surface area contributed by atoms with Crippen molar-refractivity contribution in [2.75, 3.05) is 29.9 Å². The van der Waals surface area contributed by atoms with Crippen molar-refractivity contribution in [1.29, 1.82) is 0 Å².